The number of hydrogen-bond acceptors (Lipinski definition) is 5. The lowest BCUT2D eigenvalue weighted by Gasteiger charge is -2.14. The molecule has 120 valence electrons. The fourth-order valence-electron chi connectivity index (χ4n) is 2.23. The molecule has 9 nitrogen and oxygen atoms in total. The summed E-state index contributed by atoms with van der Waals surface area (Å²) < 4.78 is 30.0. The Balaban J connectivity index is 2.02. The molecule has 0 aromatic carbocycles. The number of nitrogens with zero attached hydrogens (tertiary/aromatic N) is 4. The van der Waals surface area contributed by atoms with Gasteiger partial charge in [-0.3, -0.25) is 13.9 Å². The van der Waals surface area contributed by atoms with E-state index in [9.17, 15) is 18.3 Å². The molecule has 10 heteroatoms. The molecule has 1 unspecified atom stereocenters. The van der Waals surface area contributed by atoms with Crippen LogP contribution in [0.1, 0.15) is 11.7 Å². The molecule has 0 radical (unpaired) electrons. The van der Waals surface area contributed by atoms with Gasteiger partial charge in [-0.2, -0.15) is 9.82 Å². The summed E-state index contributed by atoms with van der Waals surface area (Å²) >= 11 is 0. The zero-order valence-corrected chi connectivity index (χ0v) is 12.8. The van der Waals surface area contributed by atoms with E-state index in [1.54, 1.807) is 18.2 Å². The van der Waals surface area contributed by atoms with Gasteiger partial charge in [0.05, 0.1) is 11.9 Å². The van der Waals surface area contributed by atoms with Crippen molar-refractivity contribution in [3.63, 3.8) is 0 Å². The molecule has 3 aromatic heterocycles. The zero-order valence-electron chi connectivity index (χ0n) is 12.0. The molecule has 2 N–H and O–H groups in total. The summed E-state index contributed by atoms with van der Waals surface area (Å²) in [5, 5.41) is 13.1. The number of carboxylic acids is 1. The Kier molecular flexibility index (Phi) is 3.62. The van der Waals surface area contributed by atoms with Crippen LogP contribution >= 0.6 is 0 Å². The normalized spacial score (nSPS) is 13.3. The van der Waals surface area contributed by atoms with Crippen molar-refractivity contribution in [2.24, 2.45) is 7.05 Å². The van der Waals surface area contributed by atoms with Gasteiger partial charge in [0.1, 0.15) is 5.65 Å². The summed E-state index contributed by atoms with van der Waals surface area (Å²) in [5.41, 5.74) is 0.662. The highest BCUT2D eigenvalue weighted by molar-refractivity contribution is 7.89. The molecule has 3 rings (SSSR count). The maximum Gasteiger partial charge on any atom is 0.327 e. The molecular formula is C13H13N5O4S. The number of nitrogens with one attached hydrogen (secondary N) is 1. The Morgan fingerprint density at radius 2 is 2.13 bits per heavy atom. The predicted molar refractivity (Wildman–Crippen MR) is 79.1 cm³/mol. The summed E-state index contributed by atoms with van der Waals surface area (Å²) in [4.78, 5) is 15.5. The lowest BCUT2D eigenvalue weighted by molar-refractivity contribution is -0.139. The predicted octanol–water partition coefficient (Wildman–Crippen LogP) is 0.172. The average Bonchev–Trinajstić information content (AvgIpc) is 3.11. The minimum absolute atomic E-state index is 0.137. The highest BCUT2D eigenvalue weighted by atomic mass is 32.2. The third-order valence-electron chi connectivity index (χ3n) is 3.33. The first-order chi connectivity index (χ1) is 10.9. The van der Waals surface area contributed by atoms with Crippen LogP contribution in [0.3, 0.4) is 0 Å². The number of carboxylic acid groups (broad SMARTS) is 1. The van der Waals surface area contributed by atoms with Crippen molar-refractivity contribution in [3.8, 4) is 0 Å². The number of imidazole rings is 1. The molecule has 0 amide bonds. The number of aryl methyl sites for hydroxylation is 1. The van der Waals surface area contributed by atoms with Crippen molar-refractivity contribution in [3.05, 3.63) is 48.5 Å². The van der Waals surface area contributed by atoms with Crippen molar-refractivity contribution < 1.29 is 18.3 Å². The van der Waals surface area contributed by atoms with Crippen LogP contribution in [0.2, 0.25) is 0 Å². The molecule has 1 atom stereocenters. The van der Waals surface area contributed by atoms with E-state index in [-0.39, 0.29) is 10.7 Å². The highest BCUT2D eigenvalue weighted by Gasteiger charge is 2.30. The van der Waals surface area contributed by atoms with Crippen LogP contribution in [0.25, 0.3) is 5.65 Å². The van der Waals surface area contributed by atoms with Gasteiger partial charge in [-0.25, -0.2) is 13.4 Å². The number of aliphatic carboxylic acids is 1. The SMILES string of the molecule is Cn1nccc1C(NS(=O)(=O)c1cnc2ccccn12)C(=O)O. The second-order valence-corrected chi connectivity index (χ2v) is 6.46. The Hall–Kier alpha value is -2.72. The molecular weight excluding hydrogens is 322 g/mol. The number of pyridine rings is 1. The summed E-state index contributed by atoms with van der Waals surface area (Å²) in [6, 6.07) is 5.01. The smallest absolute Gasteiger partial charge is 0.327 e. The first-order valence-corrected chi connectivity index (χ1v) is 8.03. The highest BCUT2D eigenvalue weighted by Crippen LogP contribution is 2.18. The van der Waals surface area contributed by atoms with Crippen molar-refractivity contribution in [2.45, 2.75) is 11.1 Å². The molecule has 0 fully saturated rings. The summed E-state index contributed by atoms with van der Waals surface area (Å²) in [6.07, 6.45) is 4.12. The monoisotopic (exact) mass is 335 g/mol. The maximum absolute atomic E-state index is 12.6. The van der Waals surface area contributed by atoms with E-state index in [1.807, 2.05) is 0 Å². The minimum atomic E-state index is -4.10. The minimum Gasteiger partial charge on any atom is -0.480 e. The second kappa shape index (κ2) is 5.48. The molecule has 0 bridgehead atoms. The van der Waals surface area contributed by atoms with Gasteiger partial charge >= 0.3 is 5.97 Å². The van der Waals surface area contributed by atoms with Crippen LogP contribution in [0, 0.1) is 0 Å². The standard InChI is InChI=1S/C13H13N5O4S/c1-17-9(5-6-15-17)12(13(19)20)16-23(21,22)11-8-14-10-4-2-3-7-18(10)11/h2-8,12,16H,1H3,(H,19,20). The Morgan fingerprint density at radius 3 is 2.78 bits per heavy atom. The van der Waals surface area contributed by atoms with E-state index in [2.05, 4.69) is 14.8 Å². The molecule has 0 aliphatic heterocycles. The first kappa shape index (κ1) is 15.2. The average molecular weight is 335 g/mol. The van der Waals surface area contributed by atoms with E-state index in [1.165, 1.54) is 40.8 Å². The lowest BCUT2D eigenvalue weighted by Crippen LogP contribution is -2.35. The zero-order chi connectivity index (χ0) is 16.6. The van der Waals surface area contributed by atoms with Crippen LogP contribution in [0.15, 0.2) is 47.9 Å². The Labute approximate surface area is 131 Å². The van der Waals surface area contributed by atoms with Gasteiger partial charge in [-0.1, -0.05) is 6.07 Å². The Bertz CT molecular complexity index is 975. The van der Waals surface area contributed by atoms with Gasteiger partial charge in [0.25, 0.3) is 10.0 Å². The van der Waals surface area contributed by atoms with Crippen molar-refractivity contribution >= 4 is 21.6 Å². The molecule has 0 saturated carbocycles. The van der Waals surface area contributed by atoms with E-state index < -0.39 is 22.0 Å². The van der Waals surface area contributed by atoms with Gasteiger partial charge in [0, 0.05) is 19.4 Å². The third kappa shape index (κ3) is 2.69. The number of hydrogen-bond donors (Lipinski definition) is 2. The van der Waals surface area contributed by atoms with E-state index in [0.29, 0.717) is 5.65 Å². The van der Waals surface area contributed by atoms with Crippen LogP contribution in [0.5, 0.6) is 0 Å². The topological polar surface area (TPSA) is 119 Å². The number of aromatic nitrogens is 4. The quantitative estimate of drug-likeness (QED) is 0.686. The number of rotatable bonds is 5. The summed E-state index contributed by atoms with van der Waals surface area (Å²) in [5.74, 6) is -1.33. The number of fused-ring (bicyclic) bond motifs is 1. The Morgan fingerprint density at radius 1 is 1.35 bits per heavy atom. The van der Waals surface area contributed by atoms with Crippen LogP contribution in [-0.4, -0.2) is 38.7 Å². The molecule has 3 aromatic rings. The van der Waals surface area contributed by atoms with Crippen LogP contribution in [-0.2, 0) is 21.9 Å². The fourth-order valence-corrected chi connectivity index (χ4v) is 3.49. The van der Waals surface area contributed by atoms with Crippen molar-refractivity contribution in [1.29, 1.82) is 0 Å². The van der Waals surface area contributed by atoms with Crippen molar-refractivity contribution in [1.82, 2.24) is 23.9 Å². The second-order valence-electron chi connectivity index (χ2n) is 4.80. The largest absolute Gasteiger partial charge is 0.480 e. The fraction of sp³-hybridized carbons (Fsp3) is 0.154. The van der Waals surface area contributed by atoms with E-state index in [4.69, 9.17) is 0 Å². The van der Waals surface area contributed by atoms with Gasteiger partial charge in [0.15, 0.2) is 11.1 Å². The molecule has 0 aliphatic carbocycles. The molecule has 3 heterocycles. The van der Waals surface area contributed by atoms with Crippen LogP contribution in [0.4, 0.5) is 0 Å². The lowest BCUT2D eigenvalue weighted by atomic mass is 10.2. The van der Waals surface area contributed by atoms with Gasteiger partial charge in [0.2, 0.25) is 0 Å². The van der Waals surface area contributed by atoms with Gasteiger partial charge < -0.3 is 5.11 Å². The number of sulfonamides is 1. The molecule has 23 heavy (non-hydrogen) atoms. The van der Waals surface area contributed by atoms with Crippen molar-refractivity contribution in [2.75, 3.05) is 0 Å². The first-order valence-electron chi connectivity index (χ1n) is 6.55. The summed E-state index contributed by atoms with van der Waals surface area (Å²) in [6.45, 7) is 0. The van der Waals surface area contributed by atoms with Gasteiger partial charge in [-0.15, -0.1) is 0 Å². The van der Waals surface area contributed by atoms with Crippen LogP contribution < -0.4 is 4.72 Å². The van der Waals surface area contributed by atoms with E-state index >= 15 is 0 Å². The van der Waals surface area contributed by atoms with E-state index in [0.717, 1.165) is 0 Å². The number of carbonyl (C=O) groups is 1. The molecule has 0 aliphatic rings. The van der Waals surface area contributed by atoms with Gasteiger partial charge in [-0.05, 0) is 18.2 Å². The molecule has 0 spiro atoms. The molecule has 0 saturated heterocycles. The third-order valence-corrected chi connectivity index (χ3v) is 4.73. The summed E-state index contributed by atoms with van der Waals surface area (Å²) in [7, 11) is -2.57. The maximum atomic E-state index is 12.6.